The molecule has 10 heteroatoms. The maximum absolute atomic E-state index is 13.5. The van der Waals surface area contributed by atoms with Crippen LogP contribution in [0.5, 0.6) is 0 Å². The van der Waals surface area contributed by atoms with Gasteiger partial charge >= 0.3 is 4.84 Å². The van der Waals surface area contributed by atoms with E-state index < -0.39 is 0 Å². The van der Waals surface area contributed by atoms with Gasteiger partial charge in [-0.15, -0.1) is 5.10 Å². The standard InChI is InChI=1S/C23H17ClN6O2S/c24-17-5-3-4-15(12-17)13-29(18-10-8-16(9-11-18)22-25-23(33)32-27-22)21(31)14-30-20-7-2-1-6-19(20)26-28-30/h1-12H,13-14H2,(H,25,27,33). The molecule has 1 amide bonds. The Morgan fingerprint density at radius 2 is 1.91 bits per heavy atom. The van der Waals surface area contributed by atoms with Crippen LogP contribution in [0.4, 0.5) is 5.69 Å². The summed E-state index contributed by atoms with van der Waals surface area (Å²) in [6.45, 7) is 0.386. The van der Waals surface area contributed by atoms with Crippen LogP contribution in [0.2, 0.25) is 5.02 Å². The zero-order valence-electron chi connectivity index (χ0n) is 17.2. The van der Waals surface area contributed by atoms with Gasteiger partial charge in [-0.3, -0.25) is 4.79 Å². The van der Waals surface area contributed by atoms with Crippen molar-refractivity contribution >= 4 is 46.4 Å². The van der Waals surface area contributed by atoms with E-state index in [0.717, 1.165) is 27.8 Å². The Bertz CT molecular complexity index is 1490. The van der Waals surface area contributed by atoms with E-state index in [2.05, 4.69) is 20.5 Å². The van der Waals surface area contributed by atoms with Gasteiger partial charge in [0.05, 0.1) is 12.1 Å². The Morgan fingerprint density at radius 3 is 2.67 bits per heavy atom. The van der Waals surface area contributed by atoms with Crippen molar-refractivity contribution in [2.45, 2.75) is 13.1 Å². The van der Waals surface area contributed by atoms with Crippen LogP contribution in [-0.4, -0.2) is 31.0 Å². The van der Waals surface area contributed by atoms with E-state index in [1.807, 2.05) is 66.7 Å². The number of halogens is 1. The number of nitrogens with zero attached hydrogens (tertiary/aromatic N) is 5. The molecule has 164 valence electrons. The Morgan fingerprint density at radius 1 is 1.09 bits per heavy atom. The van der Waals surface area contributed by atoms with Crippen LogP contribution in [0.3, 0.4) is 0 Å². The summed E-state index contributed by atoms with van der Waals surface area (Å²) in [7, 11) is 0. The third kappa shape index (κ3) is 4.55. The monoisotopic (exact) mass is 476 g/mol. The van der Waals surface area contributed by atoms with Crippen LogP contribution in [0.25, 0.3) is 22.4 Å². The number of carbonyl (C=O) groups is 1. The molecule has 33 heavy (non-hydrogen) atoms. The Balaban J connectivity index is 1.47. The molecule has 0 fully saturated rings. The summed E-state index contributed by atoms with van der Waals surface area (Å²) in [5.41, 5.74) is 3.95. The second-order valence-corrected chi connectivity index (χ2v) is 8.11. The van der Waals surface area contributed by atoms with E-state index in [0.29, 0.717) is 17.4 Å². The SMILES string of the molecule is O=C(Cn1nnc2ccccc21)N(Cc1cccc(Cl)c1)c1ccc(-c2nc(=S)o[nH]2)cc1. The zero-order valence-corrected chi connectivity index (χ0v) is 18.8. The highest BCUT2D eigenvalue weighted by Gasteiger charge is 2.19. The predicted octanol–water partition coefficient (Wildman–Crippen LogP) is 5.03. The number of rotatable bonds is 6. The number of aromatic nitrogens is 5. The van der Waals surface area contributed by atoms with Crippen molar-refractivity contribution in [1.82, 2.24) is 25.1 Å². The van der Waals surface area contributed by atoms with E-state index in [4.69, 9.17) is 28.3 Å². The molecule has 0 unspecified atom stereocenters. The van der Waals surface area contributed by atoms with Crippen molar-refractivity contribution in [2.24, 2.45) is 0 Å². The van der Waals surface area contributed by atoms with Gasteiger partial charge < -0.3 is 9.42 Å². The first-order chi connectivity index (χ1) is 16.1. The molecular weight excluding hydrogens is 460 g/mol. The number of para-hydroxylation sites is 1. The third-order valence-electron chi connectivity index (χ3n) is 5.13. The van der Waals surface area contributed by atoms with Gasteiger partial charge in [0.25, 0.3) is 0 Å². The second-order valence-electron chi connectivity index (χ2n) is 7.32. The quantitative estimate of drug-likeness (QED) is 0.345. The van der Waals surface area contributed by atoms with Gasteiger partial charge in [-0.05, 0) is 66.3 Å². The molecule has 8 nitrogen and oxygen atoms in total. The van der Waals surface area contributed by atoms with Crippen molar-refractivity contribution in [3.63, 3.8) is 0 Å². The highest BCUT2D eigenvalue weighted by molar-refractivity contribution is 7.71. The summed E-state index contributed by atoms with van der Waals surface area (Å²) in [4.78, 5) is 19.4. The fraction of sp³-hybridized carbons (Fsp3) is 0.0870. The predicted molar refractivity (Wildman–Crippen MR) is 127 cm³/mol. The topological polar surface area (TPSA) is 92.8 Å². The minimum absolute atomic E-state index is 0.0409. The van der Waals surface area contributed by atoms with Crippen LogP contribution in [0, 0.1) is 4.84 Å². The number of nitrogens with one attached hydrogen (secondary N) is 1. The number of amides is 1. The first-order valence-electron chi connectivity index (χ1n) is 10.1. The molecule has 0 aliphatic carbocycles. The average molecular weight is 477 g/mol. The van der Waals surface area contributed by atoms with Gasteiger partial charge in [-0.25, -0.2) is 9.84 Å². The van der Waals surface area contributed by atoms with Gasteiger partial charge in [0.2, 0.25) is 5.91 Å². The van der Waals surface area contributed by atoms with Gasteiger partial charge in [-0.1, -0.05) is 41.1 Å². The summed E-state index contributed by atoms with van der Waals surface area (Å²) in [6.07, 6.45) is 0. The molecule has 0 saturated heterocycles. The van der Waals surface area contributed by atoms with E-state index in [1.54, 1.807) is 15.6 Å². The first kappa shape index (κ1) is 21.0. The van der Waals surface area contributed by atoms with Crippen LogP contribution in [-0.2, 0) is 17.9 Å². The molecule has 0 saturated carbocycles. The Hall–Kier alpha value is -3.82. The van der Waals surface area contributed by atoms with Gasteiger partial charge in [-0.2, -0.15) is 4.98 Å². The number of benzene rings is 3. The highest BCUT2D eigenvalue weighted by atomic mass is 35.5. The zero-order chi connectivity index (χ0) is 22.8. The van der Waals surface area contributed by atoms with Gasteiger partial charge in [0.1, 0.15) is 12.1 Å². The summed E-state index contributed by atoms with van der Waals surface area (Å²) in [5.74, 6) is 0.382. The van der Waals surface area contributed by atoms with Crippen molar-refractivity contribution in [3.05, 3.63) is 88.2 Å². The number of anilines is 1. The highest BCUT2D eigenvalue weighted by Crippen LogP contribution is 2.24. The molecule has 0 aliphatic rings. The minimum Gasteiger partial charge on any atom is -0.348 e. The normalized spacial score (nSPS) is 11.1. The van der Waals surface area contributed by atoms with Crippen molar-refractivity contribution in [1.29, 1.82) is 0 Å². The number of hydrogen-bond donors (Lipinski definition) is 1. The molecule has 0 aliphatic heterocycles. The second kappa shape index (κ2) is 8.97. The van der Waals surface area contributed by atoms with E-state index in [1.165, 1.54) is 0 Å². The fourth-order valence-electron chi connectivity index (χ4n) is 3.54. The van der Waals surface area contributed by atoms with Gasteiger partial charge in [0.15, 0.2) is 5.82 Å². The number of aromatic amines is 1. The van der Waals surface area contributed by atoms with E-state index in [9.17, 15) is 4.79 Å². The molecule has 0 atom stereocenters. The largest absolute Gasteiger partial charge is 0.348 e. The number of H-pyrrole nitrogens is 1. The molecule has 5 rings (SSSR count). The lowest BCUT2D eigenvalue weighted by Crippen LogP contribution is -2.33. The minimum atomic E-state index is -0.140. The summed E-state index contributed by atoms with van der Waals surface area (Å²) in [5, 5.41) is 11.6. The lowest BCUT2D eigenvalue weighted by atomic mass is 10.1. The molecule has 0 radical (unpaired) electrons. The third-order valence-corrected chi connectivity index (χ3v) is 5.54. The van der Waals surface area contributed by atoms with Crippen LogP contribution < -0.4 is 4.90 Å². The molecule has 3 aromatic carbocycles. The molecule has 0 spiro atoms. The molecule has 1 N–H and O–H groups in total. The number of hydrogen-bond acceptors (Lipinski definition) is 6. The van der Waals surface area contributed by atoms with Crippen molar-refractivity contribution in [2.75, 3.05) is 4.90 Å². The molecule has 2 heterocycles. The maximum atomic E-state index is 13.5. The number of carbonyl (C=O) groups excluding carboxylic acids is 1. The summed E-state index contributed by atoms with van der Waals surface area (Å²) >= 11 is 11.1. The van der Waals surface area contributed by atoms with Gasteiger partial charge in [0, 0.05) is 16.3 Å². The average Bonchev–Trinajstić information content (AvgIpc) is 3.44. The number of fused-ring (bicyclic) bond motifs is 1. The maximum Gasteiger partial charge on any atom is 0.314 e. The lowest BCUT2D eigenvalue weighted by molar-refractivity contribution is -0.119. The van der Waals surface area contributed by atoms with Crippen molar-refractivity contribution < 1.29 is 9.32 Å². The van der Waals surface area contributed by atoms with Crippen LogP contribution in [0.1, 0.15) is 5.56 Å². The lowest BCUT2D eigenvalue weighted by Gasteiger charge is -2.23. The molecule has 5 aromatic rings. The van der Waals surface area contributed by atoms with Crippen LogP contribution >= 0.6 is 23.8 Å². The molecular formula is C23H17ClN6O2S. The Kier molecular flexibility index (Phi) is 5.72. The smallest absolute Gasteiger partial charge is 0.314 e. The van der Waals surface area contributed by atoms with E-state index in [-0.39, 0.29) is 17.3 Å². The first-order valence-corrected chi connectivity index (χ1v) is 10.8. The summed E-state index contributed by atoms with van der Waals surface area (Å²) in [6, 6.07) is 22.4. The molecule has 0 bridgehead atoms. The fourth-order valence-corrected chi connectivity index (χ4v) is 3.89. The van der Waals surface area contributed by atoms with Crippen LogP contribution in [0.15, 0.2) is 77.3 Å². The van der Waals surface area contributed by atoms with Crippen molar-refractivity contribution in [3.8, 4) is 11.4 Å². The van der Waals surface area contributed by atoms with E-state index >= 15 is 0 Å². The molecule has 2 aromatic heterocycles. The summed E-state index contributed by atoms with van der Waals surface area (Å²) < 4.78 is 6.61. The Labute approximate surface area is 198 Å².